The SMILES string of the molecule is Cc1nc2nc(N(C)C)[nH]c(=O)n2n1. The van der Waals surface area contributed by atoms with E-state index in [0.717, 1.165) is 4.52 Å². The lowest BCUT2D eigenvalue weighted by atomic mass is 10.7. The first-order valence-corrected chi connectivity index (χ1v) is 4.09. The second kappa shape index (κ2) is 2.79. The molecular formula is C7H10N6O. The number of nitrogens with one attached hydrogen (secondary N) is 1. The Morgan fingerprint density at radius 2 is 2.07 bits per heavy atom. The van der Waals surface area contributed by atoms with Crippen LogP contribution in [0.15, 0.2) is 4.79 Å². The molecule has 2 aromatic rings. The smallest absolute Gasteiger partial charge is 0.348 e. The average molecular weight is 194 g/mol. The number of rotatable bonds is 1. The van der Waals surface area contributed by atoms with Gasteiger partial charge in [-0.15, -0.1) is 9.61 Å². The fourth-order valence-corrected chi connectivity index (χ4v) is 1.10. The highest BCUT2D eigenvalue weighted by molar-refractivity contribution is 5.35. The van der Waals surface area contributed by atoms with Crippen LogP contribution >= 0.6 is 0 Å². The molecule has 2 rings (SSSR count). The number of aromatic amines is 1. The van der Waals surface area contributed by atoms with Gasteiger partial charge in [-0.3, -0.25) is 4.98 Å². The fourth-order valence-electron chi connectivity index (χ4n) is 1.10. The number of nitrogens with zero attached hydrogens (tertiary/aromatic N) is 5. The molecule has 1 N–H and O–H groups in total. The van der Waals surface area contributed by atoms with Crippen molar-refractivity contribution in [1.29, 1.82) is 0 Å². The zero-order valence-corrected chi connectivity index (χ0v) is 8.14. The highest BCUT2D eigenvalue weighted by Crippen LogP contribution is 2.00. The van der Waals surface area contributed by atoms with E-state index in [4.69, 9.17) is 0 Å². The molecule has 2 heterocycles. The van der Waals surface area contributed by atoms with Gasteiger partial charge in [0.2, 0.25) is 5.95 Å². The summed E-state index contributed by atoms with van der Waals surface area (Å²) in [7, 11) is 3.58. The molecule has 0 aliphatic heterocycles. The molecule has 0 atom stereocenters. The van der Waals surface area contributed by atoms with Crippen molar-refractivity contribution in [2.75, 3.05) is 19.0 Å². The molecule has 0 aromatic carbocycles. The van der Waals surface area contributed by atoms with Crippen LogP contribution in [0, 0.1) is 6.92 Å². The second-order valence-corrected chi connectivity index (χ2v) is 3.13. The van der Waals surface area contributed by atoms with Gasteiger partial charge in [0.05, 0.1) is 0 Å². The summed E-state index contributed by atoms with van der Waals surface area (Å²) in [6.07, 6.45) is 0. The van der Waals surface area contributed by atoms with Gasteiger partial charge >= 0.3 is 5.69 Å². The Morgan fingerprint density at radius 1 is 1.36 bits per heavy atom. The summed E-state index contributed by atoms with van der Waals surface area (Å²) in [5.41, 5.74) is -0.334. The van der Waals surface area contributed by atoms with Crippen LogP contribution in [0.3, 0.4) is 0 Å². The van der Waals surface area contributed by atoms with Crippen molar-refractivity contribution in [3.8, 4) is 0 Å². The number of hydrogen-bond donors (Lipinski definition) is 1. The molecule has 0 radical (unpaired) electrons. The van der Waals surface area contributed by atoms with Crippen LogP contribution in [-0.4, -0.2) is 38.7 Å². The standard InChI is InChI=1S/C7H10N6O/c1-4-8-6-9-5(12(2)3)10-7(14)13(6)11-4/h1-3H3,(H,8,9,10,11,14). The first-order valence-electron chi connectivity index (χ1n) is 4.09. The van der Waals surface area contributed by atoms with Crippen LogP contribution in [0.1, 0.15) is 5.82 Å². The average Bonchev–Trinajstić information content (AvgIpc) is 2.45. The molecule has 0 spiro atoms. The number of aromatic nitrogens is 5. The predicted octanol–water partition coefficient (Wildman–Crippen LogP) is -0.813. The molecule has 14 heavy (non-hydrogen) atoms. The first-order chi connectivity index (χ1) is 6.58. The van der Waals surface area contributed by atoms with E-state index in [2.05, 4.69) is 20.1 Å². The molecule has 0 amide bonds. The summed E-state index contributed by atoms with van der Waals surface area (Å²) in [6.45, 7) is 1.71. The summed E-state index contributed by atoms with van der Waals surface area (Å²) in [4.78, 5) is 23.9. The Morgan fingerprint density at radius 3 is 2.71 bits per heavy atom. The summed E-state index contributed by atoms with van der Waals surface area (Å²) in [5.74, 6) is 1.31. The molecular weight excluding hydrogens is 184 g/mol. The van der Waals surface area contributed by atoms with Gasteiger partial charge in [-0.25, -0.2) is 4.79 Å². The van der Waals surface area contributed by atoms with E-state index in [1.807, 2.05) is 0 Å². The van der Waals surface area contributed by atoms with Crippen molar-refractivity contribution >= 4 is 11.7 Å². The molecule has 7 nitrogen and oxygen atoms in total. The van der Waals surface area contributed by atoms with Gasteiger partial charge in [-0.1, -0.05) is 0 Å². The van der Waals surface area contributed by atoms with E-state index >= 15 is 0 Å². The van der Waals surface area contributed by atoms with Gasteiger partial charge in [0.1, 0.15) is 0 Å². The maximum absolute atomic E-state index is 11.5. The third kappa shape index (κ3) is 1.22. The maximum Gasteiger partial charge on any atom is 0.352 e. The van der Waals surface area contributed by atoms with Crippen molar-refractivity contribution in [1.82, 2.24) is 24.6 Å². The van der Waals surface area contributed by atoms with E-state index < -0.39 is 0 Å². The Balaban J connectivity index is 2.78. The summed E-state index contributed by atoms with van der Waals surface area (Å²) in [5, 5.41) is 3.89. The molecule has 7 heteroatoms. The van der Waals surface area contributed by atoms with Crippen molar-refractivity contribution < 1.29 is 0 Å². The molecule has 2 aromatic heterocycles. The quantitative estimate of drug-likeness (QED) is 0.642. The molecule has 0 aliphatic carbocycles. The monoisotopic (exact) mass is 194 g/mol. The third-order valence-corrected chi connectivity index (χ3v) is 1.74. The van der Waals surface area contributed by atoms with Crippen molar-refractivity contribution in [2.45, 2.75) is 6.92 Å². The zero-order valence-electron chi connectivity index (χ0n) is 8.14. The van der Waals surface area contributed by atoms with Gasteiger partial charge in [0.25, 0.3) is 5.78 Å². The zero-order chi connectivity index (χ0) is 10.3. The third-order valence-electron chi connectivity index (χ3n) is 1.74. The molecule has 0 unspecified atom stereocenters. The summed E-state index contributed by atoms with van der Waals surface area (Å²) in [6, 6.07) is 0. The fraction of sp³-hybridized carbons (Fsp3) is 0.429. The predicted molar refractivity (Wildman–Crippen MR) is 50.5 cm³/mol. The highest BCUT2D eigenvalue weighted by atomic mass is 16.1. The van der Waals surface area contributed by atoms with Gasteiger partial charge < -0.3 is 4.90 Å². The normalized spacial score (nSPS) is 10.8. The second-order valence-electron chi connectivity index (χ2n) is 3.13. The van der Waals surface area contributed by atoms with E-state index in [-0.39, 0.29) is 5.69 Å². The Labute approximate surface area is 79.4 Å². The Hall–Kier alpha value is -1.92. The molecule has 0 saturated heterocycles. The summed E-state index contributed by atoms with van der Waals surface area (Å²) < 4.78 is 1.14. The molecule has 0 bridgehead atoms. The van der Waals surface area contributed by atoms with Gasteiger partial charge in [-0.2, -0.15) is 9.97 Å². The number of H-pyrrole nitrogens is 1. The minimum atomic E-state index is -0.334. The topological polar surface area (TPSA) is 79.2 Å². The molecule has 0 saturated carbocycles. The lowest BCUT2D eigenvalue weighted by Crippen LogP contribution is -2.24. The number of hydrogen-bond acceptors (Lipinski definition) is 5. The van der Waals surface area contributed by atoms with E-state index in [1.54, 1.807) is 25.9 Å². The van der Waals surface area contributed by atoms with Crippen molar-refractivity contribution in [3.63, 3.8) is 0 Å². The summed E-state index contributed by atoms with van der Waals surface area (Å²) >= 11 is 0. The van der Waals surface area contributed by atoms with Gasteiger partial charge in [0.15, 0.2) is 5.82 Å². The maximum atomic E-state index is 11.5. The number of aryl methyl sites for hydroxylation is 1. The van der Waals surface area contributed by atoms with Crippen molar-refractivity contribution in [2.24, 2.45) is 0 Å². The molecule has 0 aliphatic rings. The molecule has 74 valence electrons. The minimum absolute atomic E-state index is 0.315. The van der Waals surface area contributed by atoms with Crippen LogP contribution in [0.25, 0.3) is 5.78 Å². The highest BCUT2D eigenvalue weighted by Gasteiger charge is 2.07. The molecule has 0 fully saturated rings. The number of anilines is 1. The Kier molecular flexibility index (Phi) is 1.73. The van der Waals surface area contributed by atoms with Crippen LogP contribution in [-0.2, 0) is 0 Å². The van der Waals surface area contributed by atoms with E-state index in [1.165, 1.54) is 0 Å². The number of fused-ring (bicyclic) bond motifs is 1. The van der Waals surface area contributed by atoms with Crippen LogP contribution in [0.2, 0.25) is 0 Å². The van der Waals surface area contributed by atoms with Crippen LogP contribution in [0.5, 0.6) is 0 Å². The largest absolute Gasteiger partial charge is 0.352 e. The van der Waals surface area contributed by atoms with Crippen LogP contribution in [0.4, 0.5) is 5.95 Å². The van der Waals surface area contributed by atoms with Crippen molar-refractivity contribution in [3.05, 3.63) is 16.3 Å². The van der Waals surface area contributed by atoms with Crippen LogP contribution < -0.4 is 10.6 Å². The lowest BCUT2D eigenvalue weighted by Gasteiger charge is -2.08. The van der Waals surface area contributed by atoms with E-state index in [9.17, 15) is 4.79 Å². The van der Waals surface area contributed by atoms with E-state index in [0.29, 0.717) is 17.6 Å². The van der Waals surface area contributed by atoms with Gasteiger partial charge in [0, 0.05) is 14.1 Å². The first kappa shape index (κ1) is 8.67. The van der Waals surface area contributed by atoms with Gasteiger partial charge in [-0.05, 0) is 6.92 Å². The minimum Gasteiger partial charge on any atom is -0.348 e. The lowest BCUT2D eigenvalue weighted by molar-refractivity contribution is 0.817. The Bertz CT molecular complexity index is 524.